The molecule has 0 spiro atoms. The molecule has 0 amide bonds. The third kappa shape index (κ3) is 5.98. The van der Waals surface area contributed by atoms with Gasteiger partial charge in [-0.15, -0.1) is 0 Å². The van der Waals surface area contributed by atoms with Crippen LogP contribution in [-0.2, 0) is 13.0 Å². The van der Waals surface area contributed by atoms with Crippen molar-refractivity contribution in [2.45, 2.75) is 46.3 Å². The number of carboxylic acid groups (broad SMARTS) is 1. The van der Waals surface area contributed by atoms with Crippen LogP contribution >= 0.6 is 11.6 Å². The topological polar surface area (TPSA) is 68.7 Å². The van der Waals surface area contributed by atoms with Gasteiger partial charge in [0.2, 0.25) is 0 Å². The molecule has 0 fully saturated rings. The summed E-state index contributed by atoms with van der Waals surface area (Å²) in [4.78, 5) is 16.3. The van der Waals surface area contributed by atoms with Crippen LogP contribution in [0.1, 0.15) is 48.8 Å². The molecule has 31 heavy (non-hydrogen) atoms. The van der Waals surface area contributed by atoms with Gasteiger partial charge in [-0.3, -0.25) is 0 Å². The first-order chi connectivity index (χ1) is 14.9. The lowest BCUT2D eigenvalue weighted by Gasteiger charge is -2.16. The van der Waals surface area contributed by atoms with E-state index in [1.807, 2.05) is 44.2 Å². The smallest absolute Gasteiger partial charge is 0.337 e. The van der Waals surface area contributed by atoms with Crippen molar-refractivity contribution >= 4 is 17.6 Å². The lowest BCUT2D eigenvalue weighted by atomic mass is 10.1. The molecule has 3 aromatic rings. The zero-order chi connectivity index (χ0) is 22.4. The van der Waals surface area contributed by atoms with Crippen LogP contribution in [0.5, 0.6) is 11.5 Å². The summed E-state index contributed by atoms with van der Waals surface area (Å²) < 4.78 is 11.7. The molecule has 0 atom stereocenters. The Morgan fingerprint density at radius 3 is 2.48 bits per heavy atom. The number of aryl methyl sites for hydroxylation is 1. The third-order valence-corrected chi connectivity index (χ3v) is 4.86. The molecule has 1 N–H and O–H groups in total. The van der Waals surface area contributed by atoms with Gasteiger partial charge < -0.3 is 14.6 Å². The maximum Gasteiger partial charge on any atom is 0.337 e. The van der Waals surface area contributed by atoms with Crippen LogP contribution in [-0.4, -0.2) is 22.2 Å². The van der Waals surface area contributed by atoms with Crippen molar-refractivity contribution in [2.75, 3.05) is 0 Å². The van der Waals surface area contributed by atoms with Crippen molar-refractivity contribution in [1.29, 1.82) is 0 Å². The van der Waals surface area contributed by atoms with Gasteiger partial charge in [-0.25, -0.2) is 9.78 Å². The lowest BCUT2D eigenvalue weighted by molar-refractivity contribution is 0.0693. The molecular formula is C25H26ClNO4. The number of carboxylic acids is 1. The summed E-state index contributed by atoms with van der Waals surface area (Å²) in [5.74, 6) is 0.209. The average Bonchev–Trinajstić information content (AvgIpc) is 2.73. The van der Waals surface area contributed by atoms with Crippen LogP contribution in [0.2, 0.25) is 5.02 Å². The van der Waals surface area contributed by atoms with E-state index in [1.165, 1.54) is 5.56 Å². The number of rotatable bonds is 9. The number of hydrogen-bond acceptors (Lipinski definition) is 4. The summed E-state index contributed by atoms with van der Waals surface area (Å²) in [6.45, 7) is 6.03. The highest BCUT2D eigenvalue weighted by molar-refractivity contribution is 6.30. The maximum absolute atomic E-state index is 11.7. The van der Waals surface area contributed by atoms with Crippen LogP contribution in [0.15, 0.2) is 54.6 Å². The van der Waals surface area contributed by atoms with E-state index in [1.54, 1.807) is 24.3 Å². The Balaban J connectivity index is 1.90. The van der Waals surface area contributed by atoms with Gasteiger partial charge in [0.05, 0.1) is 23.1 Å². The molecule has 2 aromatic carbocycles. The van der Waals surface area contributed by atoms with Gasteiger partial charge in [-0.2, -0.15) is 0 Å². The van der Waals surface area contributed by atoms with Gasteiger partial charge in [0.1, 0.15) is 18.1 Å². The van der Waals surface area contributed by atoms with E-state index in [9.17, 15) is 9.90 Å². The number of halogens is 1. The van der Waals surface area contributed by atoms with E-state index >= 15 is 0 Å². The predicted molar refractivity (Wildman–Crippen MR) is 122 cm³/mol. The normalized spacial score (nSPS) is 10.9. The van der Waals surface area contributed by atoms with E-state index in [4.69, 9.17) is 21.1 Å². The molecule has 0 saturated heterocycles. The summed E-state index contributed by atoms with van der Waals surface area (Å²) in [5.41, 5.74) is 3.01. The number of nitrogens with zero attached hydrogens (tertiary/aromatic N) is 1. The Morgan fingerprint density at radius 1 is 1.10 bits per heavy atom. The third-order valence-electron chi connectivity index (χ3n) is 4.62. The minimum Gasteiger partial charge on any atom is -0.490 e. The molecular weight excluding hydrogens is 414 g/mol. The predicted octanol–water partition coefficient (Wildman–Crippen LogP) is 6.42. The van der Waals surface area contributed by atoms with Crippen molar-refractivity contribution in [1.82, 2.24) is 4.98 Å². The van der Waals surface area contributed by atoms with Gasteiger partial charge >= 0.3 is 5.97 Å². The highest BCUT2D eigenvalue weighted by atomic mass is 35.5. The largest absolute Gasteiger partial charge is 0.490 e. The van der Waals surface area contributed by atoms with Crippen molar-refractivity contribution in [3.05, 3.63) is 76.4 Å². The van der Waals surface area contributed by atoms with Gasteiger partial charge in [-0.1, -0.05) is 37.1 Å². The van der Waals surface area contributed by atoms with Gasteiger partial charge in [0.25, 0.3) is 0 Å². The molecule has 0 aliphatic carbocycles. The van der Waals surface area contributed by atoms with E-state index < -0.39 is 5.97 Å². The number of aromatic nitrogens is 1. The van der Waals surface area contributed by atoms with Crippen LogP contribution < -0.4 is 9.47 Å². The molecule has 0 bridgehead atoms. The Bertz CT molecular complexity index is 1050. The zero-order valence-corrected chi connectivity index (χ0v) is 18.6. The van der Waals surface area contributed by atoms with E-state index in [0.717, 1.165) is 18.4 Å². The summed E-state index contributed by atoms with van der Waals surface area (Å²) in [5, 5.41) is 10.1. The van der Waals surface area contributed by atoms with Crippen molar-refractivity contribution in [2.24, 2.45) is 0 Å². The Kier molecular flexibility index (Phi) is 7.53. The number of carbonyl (C=O) groups is 1. The Labute approximate surface area is 187 Å². The molecule has 6 heteroatoms. The molecule has 1 heterocycles. The second-order valence-electron chi connectivity index (χ2n) is 7.49. The molecule has 1 aromatic heterocycles. The van der Waals surface area contributed by atoms with Crippen molar-refractivity contribution < 1.29 is 19.4 Å². The molecule has 162 valence electrons. The standard InChI is InChI=1S/C25H26ClNO4/c1-4-5-17-6-9-19(10-7-17)30-15-23-21(25(28)29)12-13-22(27-23)20-11-8-18(26)14-24(20)31-16(2)3/h6-14,16H,4-5,15H2,1-3H3,(H,28,29). The average molecular weight is 440 g/mol. The van der Waals surface area contributed by atoms with Crippen LogP contribution in [0.3, 0.4) is 0 Å². The van der Waals surface area contributed by atoms with Gasteiger partial charge in [-0.05, 0) is 68.3 Å². The fourth-order valence-electron chi connectivity index (χ4n) is 3.21. The van der Waals surface area contributed by atoms with E-state index in [-0.39, 0.29) is 18.3 Å². The van der Waals surface area contributed by atoms with E-state index in [2.05, 4.69) is 11.9 Å². The number of aromatic carboxylic acids is 1. The fraction of sp³-hybridized carbons (Fsp3) is 0.280. The monoisotopic (exact) mass is 439 g/mol. The molecule has 0 unspecified atom stereocenters. The molecule has 0 radical (unpaired) electrons. The first-order valence-electron chi connectivity index (χ1n) is 10.3. The number of hydrogen-bond donors (Lipinski definition) is 1. The van der Waals surface area contributed by atoms with Crippen LogP contribution in [0.25, 0.3) is 11.3 Å². The second-order valence-corrected chi connectivity index (χ2v) is 7.92. The zero-order valence-electron chi connectivity index (χ0n) is 17.9. The Hall–Kier alpha value is -3.05. The van der Waals surface area contributed by atoms with E-state index in [0.29, 0.717) is 27.9 Å². The molecule has 0 aliphatic rings. The number of benzene rings is 2. The molecule has 3 rings (SSSR count). The number of ether oxygens (including phenoxy) is 2. The van der Waals surface area contributed by atoms with Crippen molar-refractivity contribution in [3.8, 4) is 22.8 Å². The first-order valence-corrected chi connectivity index (χ1v) is 10.7. The van der Waals surface area contributed by atoms with Crippen LogP contribution in [0, 0.1) is 0 Å². The molecule has 5 nitrogen and oxygen atoms in total. The summed E-state index contributed by atoms with van der Waals surface area (Å²) in [6.07, 6.45) is 2.04. The quantitative estimate of drug-likeness (QED) is 0.416. The summed E-state index contributed by atoms with van der Waals surface area (Å²) >= 11 is 6.14. The second kappa shape index (κ2) is 10.3. The van der Waals surface area contributed by atoms with Gasteiger partial charge in [0, 0.05) is 10.6 Å². The van der Waals surface area contributed by atoms with Crippen LogP contribution in [0.4, 0.5) is 0 Å². The fourth-order valence-corrected chi connectivity index (χ4v) is 3.37. The maximum atomic E-state index is 11.7. The first kappa shape index (κ1) is 22.6. The van der Waals surface area contributed by atoms with Crippen molar-refractivity contribution in [3.63, 3.8) is 0 Å². The highest BCUT2D eigenvalue weighted by Crippen LogP contribution is 2.33. The minimum atomic E-state index is -1.05. The summed E-state index contributed by atoms with van der Waals surface area (Å²) in [7, 11) is 0. The minimum absolute atomic E-state index is 0.0383. The summed E-state index contributed by atoms with van der Waals surface area (Å²) in [6, 6.07) is 16.3. The molecule has 0 saturated carbocycles. The number of pyridine rings is 1. The SMILES string of the molecule is CCCc1ccc(OCc2nc(-c3ccc(Cl)cc3OC(C)C)ccc2C(=O)O)cc1. The lowest BCUT2D eigenvalue weighted by Crippen LogP contribution is -2.10. The Morgan fingerprint density at radius 2 is 1.84 bits per heavy atom. The molecule has 0 aliphatic heterocycles. The highest BCUT2D eigenvalue weighted by Gasteiger charge is 2.17. The van der Waals surface area contributed by atoms with Gasteiger partial charge in [0.15, 0.2) is 0 Å².